The summed E-state index contributed by atoms with van der Waals surface area (Å²) < 4.78 is 5.85. The Morgan fingerprint density at radius 3 is 2.50 bits per heavy atom. The molecule has 4 heteroatoms. The van der Waals surface area contributed by atoms with Crippen LogP contribution in [0.1, 0.15) is 44.7 Å². The molecule has 120 valence electrons. The van der Waals surface area contributed by atoms with E-state index >= 15 is 0 Å². The maximum absolute atomic E-state index is 12.5. The second-order valence-corrected chi connectivity index (χ2v) is 7.89. The molecule has 0 heterocycles. The first kappa shape index (κ1) is 17.4. The van der Waals surface area contributed by atoms with E-state index in [1.807, 2.05) is 32.9 Å². The van der Waals surface area contributed by atoms with E-state index in [4.69, 9.17) is 27.9 Å². The molecule has 2 nitrogen and oxygen atoms in total. The zero-order chi connectivity index (χ0) is 16.7. The highest BCUT2D eigenvalue weighted by molar-refractivity contribution is 6.55. The Balaban J connectivity index is 2.17. The lowest BCUT2D eigenvalue weighted by atomic mass is 10.0. The fourth-order valence-electron chi connectivity index (χ4n) is 2.83. The van der Waals surface area contributed by atoms with Crippen molar-refractivity contribution in [3.05, 3.63) is 39.9 Å². The second kappa shape index (κ2) is 6.25. The molecule has 2 rings (SSSR count). The predicted octanol–water partition coefficient (Wildman–Crippen LogP) is 5.62. The summed E-state index contributed by atoms with van der Waals surface area (Å²) in [5, 5.41) is 0. The number of carbonyl (C=O) groups excluding carboxylic acids is 1. The van der Waals surface area contributed by atoms with Crippen LogP contribution in [0.15, 0.2) is 28.8 Å². The molecule has 0 N–H and O–H groups in total. The van der Waals surface area contributed by atoms with Gasteiger partial charge >= 0.3 is 5.97 Å². The van der Waals surface area contributed by atoms with Gasteiger partial charge in [0, 0.05) is 0 Å². The van der Waals surface area contributed by atoms with Gasteiger partial charge in [-0.2, -0.15) is 0 Å². The van der Waals surface area contributed by atoms with Gasteiger partial charge in [0.25, 0.3) is 0 Å². The van der Waals surface area contributed by atoms with Gasteiger partial charge < -0.3 is 4.74 Å². The van der Waals surface area contributed by atoms with Crippen LogP contribution in [-0.2, 0) is 4.79 Å². The van der Waals surface area contributed by atoms with Crippen LogP contribution >= 0.6 is 23.2 Å². The molecule has 0 saturated heterocycles. The fourth-order valence-corrected chi connectivity index (χ4v) is 3.10. The number of hydrogen-bond donors (Lipinski definition) is 0. The number of ether oxygens (including phenoxy) is 1. The smallest absolute Gasteiger partial charge is 0.315 e. The first-order chi connectivity index (χ1) is 10.1. The van der Waals surface area contributed by atoms with E-state index in [1.165, 1.54) is 0 Å². The normalized spacial score (nSPS) is 22.4. The average molecular weight is 341 g/mol. The topological polar surface area (TPSA) is 26.3 Å². The molecule has 1 aromatic carbocycles. The molecule has 1 fully saturated rings. The van der Waals surface area contributed by atoms with Gasteiger partial charge in [0.2, 0.25) is 0 Å². The Hall–Kier alpha value is -0.990. The van der Waals surface area contributed by atoms with Gasteiger partial charge in [0.05, 0.1) is 5.92 Å². The lowest BCUT2D eigenvalue weighted by Crippen LogP contribution is -2.14. The molecule has 0 amide bonds. The highest BCUT2D eigenvalue weighted by Gasteiger charge is 2.61. The number of esters is 1. The standard InChI is InChI=1S/C18H22Cl2O2/c1-10(2)12-7-6-11(3)14(8-12)22-17(21)16-13(9-15(19)20)18(16,4)5/h6-10,13,16H,1-5H3/t13-,16+/m1/s1. The number of carbonyl (C=O) groups is 1. The first-order valence-electron chi connectivity index (χ1n) is 7.49. The summed E-state index contributed by atoms with van der Waals surface area (Å²) in [6, 6.07) is 6.01. The molecule has 22 heavy (non-hydrogen) atoms. The van der Waals surface area contributed by atoms with Gasteiger partial charge in [-0.15, -0.1) is 0 Å². The Kier molecular flexibility index (Phi) is 4.93. The van der Waals surface area contributed by atoms with Gasteiger partial charge in [0.15, 0.2) is 0 Å². The lowest BCUT2D eigenvalue weighted by Gasteiger charge is -2.12. The number of halogens is 2. The van der Waals surface area contributed by atoms with Crippen molar-refractivity contribution in [2.75, 3.05) is 0 Å². The lowest BCUT2D eigenvalue weighted by molar-refractivity contribution is -0.136. The zero-order valence-corrected chi connectivity index (χ0v) is 15.1. The van der Waals surface area contributed by atoms with E-state index in [2.05, 4.69) is 19.9 Å². The van der Waals surface area contributed by atoms with Crippen LogP contribution in [0.5, 0.6) is 5.75 Å². The summed E-state index contributed by atoms with van der Waals surface area (Å²) in [7, 11) is 0. The predicted molar refractivity (Wildman–Crippen MR) is 91.5 cm³/mol. The maximum atomic E-state index is 12.5. The number of benzene rings is 1. The quantitative estimate of drug-likeness (QED) is 0.525. The van der Waals surface area contributed by atoms with E-state index in [-0.39, 0.29) is 27.7 Å². The number of aryl methyl sites for hydroxylation is 1. The van der Waals surface area contributed by atoms with Gasteiger partial charge in [-0.05, 0) is 47.4 Å². The monoisotopic (exact) mass is 340 g/mol. The molecular formula is C18H22Cl2O2. The first-order valence-corrected chi connectivity index (χ1v) is 8.25. The van der Waals surface area contributed by atoms with E-state index < -0.39 is 0 Å². The van der Waals surface area contributed by atoms with Crippen molar-refractivity contribution in [2.24, 2.45) is 17.3 Å². The van der Waals surface area contributed by atoms with E-state index in [0.29, 0.717) is 11.7 Å². The molecule has 1 aromatic rings. The molecule has 0 aliphatic heterocycles. The summed E-state index contributed by atoms with van der Waals surface area (Å²) in [5.41, 5.74) is 1.94. The third-order valence-corrected chi connectivity index (χ3v) is 4.81. The van der Waals surface area contributed by atoms with Crippen molar-refractivity contribution in [2.45, 2.75) is 40.5 Å². The van der Waals surface area contributed by atoms with Crippen molar-refractivity contribution < 1.29 is 9.53 Å². The average Bonchev–Trinajstić information content (AvgIpc) is 2.92. The van der Waals surface area contributed by atoms with E-state index in [1.54, 1.807) is 6.08 Å². The summed E-state index contributed by atoms with van der Waals surface area (Å²) in [5.74, 6) is 0.630. The van der Waals surface area contributed by atoms with Crippen molar-refractivity contribution in [3.63, 3.8) is 0 Å². The number of rotatable bonds is 4. The van der Waals surface area contributed by atoms with Gasteiger partial charge in [-0.3, -0.25) is 4.79 Å². The molecule has 0 bridgehead atoms. The molecular weight excluding hydrogens is 319 g/mol. The van der Waals surface area contributed by atoms with Crippen LogP contribution in [0.25, 0.3) is 0 Å². The highest BCUT2D eigenvalue weighted by Crippen LogP contribution is 2.60. The number of hydrogen-bond acceptors (Lipinski definition) is 2. The van der Waals surface area contributed by atoms with Crippen LogP contribution in [-0.4, -0.2) is 5.97 Å². The Morgan fingerprint density at radius 1 is 1.32 bits per heavy atom. The molecule has 0 spiro atoms. The Labute approximate surface area is 142 Å². The van der Waals surface area contributed by atoms with Crippen molar-refractivity contribution in [3.8, 4) is 5.75 Å². The molecule has 1 aliphatic carbocycles. The van der Waals surface area contributed by atoms with E-state index in [0.717, 1.165) is 11.1 Å². The fraction of sp³-hybridized carbons (Fsp3) is 0.500. The van der Waals surface area contributed by atoms with Gasteiger partial charge in [-0.1, -0.05) is 63.0 Å². The van der Waals surface area contributed by atoms with E-state index in [9.17, 15) is 4.79 Å². The zero-order valence-electron chi connectivity index (χ0n) is 13.6. The van der Waals surface area contributed by atoms with Crippen molar-refractivity contribution in [1.29, 1.82) is 0 Å². The van der Waals surface area contributed by atoms with Gasteiger partial charge in [0.1, 0.15) is 10.2 Å². The summed E-state index contributed by atoms with van der Waals surface area (Å²) in [4.78, 5) is 12.5. The summed E-state index contributed by atoms with van der Waals surface area (Å²) >= 11 is 11.5. The maximum Gasteiger partial charge on any atom is 0.315 e. The molecule has 0 aromatic heterocycles. The van der Waals surface area contributed by atoms with Crippen LogP contribution in [0.4, 0.5) is 0 Å². The second-order valence-electron chi connectivity index (χ2n) is 6.88. The largest absolute Gasteiger partial charge is 0.426 e. The number of allylic oxidation sites excluding steroid dienone is 1. The molecule has 1 aliphatic rings. The SMILES string of the molecule is Cc1ccc(C(C)C)cc1OC(=O)[C@@H]1[C@@H](C=C(Cl)Cl)C1(C)C. The van der Waals surface area contributed by atoms with Crippen LogP contribution < -0.4 is 4.74 Å². The van der Waals surface area contributed by atoms with Crippen molar-refractivity contribution >= 4 is 29.2 Å². The summed E-state index contributed by atoms with van der Waals surface area (Å²) in [6.45, 7) is 10.2. The summed E-state index contributed by atoms with van der Waals surface area (Å²) in [6.07, 6.45) is 1.73. The molecule has 2 atom stereocenters. The molecule has 0 radical (unpaired) electrons. The minimum absolute atomic E-state index is 0.0265. The Morgan fingerprint density at radius 2 is 1.95 bits per heavy atom. The van der Waals surface area contributed by atoms with Gasteiger partial charge in [-0.25, -0.2) is 0 Å². The molecule has 1 saturated carbocycles. The Bertz CT molecular complexity index is 614. The van der Waals surface area contributed by atoms with Crippen LogP contribution in [0.3, 0.4) is 0 Å². The minimum Gasteiger partial charge on any atom is -0.426 e. The molecule has 0 unspecified atom stereocenters. The third kappa shape index (κ3) is 3.49. The highest BCUT2D eigenvalue weighted by atomic mass is 35.5. The van der Waals surface area contributed by atoms with Crippen LogP contribution in [0, 0.1) is 24.2 Å². The third-order valence-electron chi connectivity index (χ3n) is 4.56. The van der Waals surface area contributed by atoms with Crippen LogP contribution in [0.2, 0.25) is 0 Å². The minimum atomic E-state index is -0.218. The van der Waals surface area contributed by atoms with Crippen molar-refractivity contribution in [1.82, 2.24) is 0 Å².